The molecule has 9 heteroatoms. The maximum Gasteiger partial charge on any atom is 0.279 e. The highest BCUT2D eigenvalue weighted by atomic mass is 32.2. The smallest absolute Gasteiger partial charge is 0.279 e. The third-order valence-electron chi connectivity index (χ3n) is 5.01. The van der Waals surface area contributed by atoms with Crippen LogP contribution in [0.15, 0.2) is 77.7 Å². The molecule has 0 aliphatic carbocycles. The second-order valence-corrected chi connectivity index (χ2v) is 10.4. The predicted octanol–water partition coefficient (Wildman–Crippen LogP) is 4.62. The fraction of sp³-hybridized carbons (Fsp3) is 0.280. The fourth-order valence-electron chi connectivity index (χ4n) is 3.51. The van der Waals surface area contributed by atoms with Crippen LogP contribution in [0.4, 0.5) is 0 Å². The van der Waals surface area contributed by atoms with E-state index in [0.717, 1.165) is 22.4 Å². The number of sulfonamides is 1. The van der Waals surface area contributed by atoms with Gasteiger partial charge in [-0.05, 0) is 49.7 Å². The van der Waals surface area contributed by atoms with Gasteiger partial charge < -0.3 is 9.30 Å². The zero-order chi connectivity index (χ0) is 24.7. The Bertz CT molecular complexity index is 1340. The molecule has 0 saturated carbocycles. The van der Waals surface area contributed by atoms with Crippen molar-refractivity contribution < 1.29 is 17.9 Å². The van der Waals surface area contributed by atoms with Crippen molar-refractivity contribution in [3.05, 3.63) is 78.1 Å². The molecule has 3 aromatic rings. The standard InChI is InChI=1S/C25H29N3O4S2/c1-5-16-27(17-6-2)34(30,31)20-14-12-19(13-15-20)24(29)26-25-28(18-7-3)23-21(32-8-4)10-9-11-22(23)33-25/h5-6,9-15H,1-2,7-8,16-18H2,3-4H3. The Morgan fingerprint density at radius 1 is 1.12 bits per heavy atom. The highest BCUT2D eigenvalue weighted by Gasteiger charge is 2.22. The molecule has 0 radical (unpaired) electrons. The van der Waals surface area contributed by atoms with Gasteiger partial charge in [0.25, 0.3) is 5.91 Å². The zero-order valence-electron chi connectivity index (χ0n) is 19.4. The van der Waals surface area contributed by atoms with Gasteiger partial charge in [-0.15, -0.1) is 13.2 Å². The van der Waals surface area contributed by atoms with Crippen molar-refractivity contribution in [2.75, 3.05) is 19.7 Å². The van der Waals surface area contributed by atoms with E-state index in [1.54, 1.807) is 0 Å². The molecule has 0 bridgehead atoms. The van der Waals surface area contributed by atoms with E-state index in [-0.39, 0.29) is 18.0 Å². The van der Waals surface area contributed by atoms with Crippen LogP contribution in [0.1, 0.15) is 30.6 Å². The van der Waals surface area contributed by atoms with Gasteiger partial charge in [0.15, 0.2) is 4.80 Å². The van der Waals surface area contributed by atoms with Gasteiger partial charge >= 0.3 is 0 Å². The molecule has 34 heavy (non-hydrogen) atoms. The van der Waals surface area contributed by atoms with Crippen molar-refractivity contribution in [3.63, 3.8) is 0 Å². The van der Waals surface area contributed by atoms with Crippen molar-refractivity contribution >= 4 is 37.5 Å². The fourth-order valence-corrected chi connectivity index (χ4v) is 5.97. The number of aryl methyl sites for hydroxylation is 1. The average molecular weight is 500 g/mol. The summed E-state index contributed by atoms with van der Waals surface area (Å²) in [6.07, 6.45) is 3.91. The molecule has 0 unspecified atom stereocenters. The van der Waals surface area contributed by atoms with Gasteiger partial charge in [0.1, 0.15) is 11.3 Å². The average Bonchev–Trinajstić information content (AvgIpc) is 3.17. The number of amides is 1. The first-order valence-electron chi connectivity index (χ1n) is 11.0. The van der Waals surface area contributed by atoms with Gasteiger partial charge in [-0.25, -0.2) is 8.42 Å². The van der Waals surface area contributed by atoms with Gasteiger partial charge in [-0.2, -0.15) is 9.30 Å². The van der Waals surface area contributed by atoms with E-state index in [0.29, 0.717) is 23.5 Å². The summed E-state index contributed by atoms with van der Waals surface area (Å²) in [6, 6.07) is 11.6. The normalized spacial score (nSPS) is 12.3. The summed E-state index contributed by atoms with van der Waals surface area (Å²) < 4.78 is 35.8. The Morgan fingerprint density at radius 2 is 1.79 bits per heavy atom. The molecule has 0 spiro atoms. The minimum atomic E-state index is -3.74. The Morgan fingerprint density at radius 3 is 2.38 bits per heavy atom. The molecule has 1 heterocycles. The quantitative estimate of drug-likeness (QED) is 0.361. The molecule has 0 saturated heterocycles. The van der Waals surface area contributed by atoms with Crippen LogP contribution in [0.25, 0.3) is 10.2 Å². The van der Waals surface area contributed by atoms with E-state index >= 15 is 0 Å². The lowest BCUT2D eigenvalue weighted by Crippen LogP contribution is -2.31. The summed E-state index contributed by atoms with van der Waals surface area (Å²) in [5.74, 6) is 0.323. The molecule has 0 atom stereocenters. The maximum atomic E-state index is 13.0. The predicted molar refractivity (Wildman–Crippen MR) is 137 cm³/mol. The van der Waals surface area contributed by atoms with Crippen LogP contribution in [0.5, 0.6) is 5.75 Å². The molecule has 1 amide bonds. The first-order chi connectivity index (χ1) is 16.4. The molecule has 3 rings (SSSR count). The molecule has 1 aromatic heterocycles. The number of carbonyl (C=O) groups is 1. The van der Waals surface area contributed by atoms with Gasteiger partial charge in [-0.1, -0.05) is 36.5 Å². The minimum Gasteiger partial charge on any atom is -0.492 e. The number of benzene rings is 2. The third-order valence-corrected chi connectivity index (χ3v) is 7.90. The molecule has 0 N–H and O–H groups in total. The van der Waals surface area contributed by atoms with E-state index in [2.05, 4.69) is 25.1 Å². The number of carbonyl (C=O) groups excluding carboxylic acids is 1. The number of para-hydroxylation sites is 1. The molecule has 0 fully saturated rings. The van der Waals surface area contributed by atoms with E-state index < -0.39 is 15.9 Å². The lowest BCUT2D eigenvalue weighted by molar-refractivity contribution is 0.0997. The van der Waals surface area contributed by atoms with Crippen LogP contribution in [-0.4, -0.2) is 42.9 Å². The van der Waals surface area contributed by atoms with Gasteiger partial charge in [0.05, 0.1) is 16.2 Å². The Hall–Kier alpha value is -3.01. The first-order valence-corrected chi connectivity index (χ1v) is 13.3. The third kappa shape index (κ3) is 5.38. The molecule has 2 aromatic carbocycles. The van der Waals surface area contributed by atoms with Crippen LogP contribution in [0, 0.1) is 0 Å². The molecular formula is C25H29N3O4S2. The second kappa shape index (κ2) is 11.4. The SMILES string of the molecule is C=CCN(CC=C)S(=O)(=O)c1ccc(C(=O)N=c2sc3cccc(OCC)c3n2CCC)cc1. The molecular weight excluding hydrogens is 470 g/mol. The number of nitrogens with zero attached hydrogens (tertiary/aromatic N) is 3. The van der Waals surface area contributed by atoms with Crippen molar-refractivity contribution in [3.8, 4) is 5.75 Å². The summed E-state index contributed by atoms with van der Waals surface area (Å²) in [6.45, 7) is 12.8. The summed E-state index contributed by atoms with van der Waals surface area (Å²) in [7, 11) is -3.74. The summed E-state index contributed by atoms with van der Waals surface area (Å²) in [4.78, 5) is 18.0. The minimum absolute atomic E-state index is 0.0945. The van der Waals surface area contributed by atoms with Crippen LogP contribution in [0.2, 0.25) is 0 Å². The number of aromatic nitrogens is 1. The summed E-state index contributed by atoms with van der Waals surface area (Å²) >= 11 is 1.42. The number of rotatable bonds is 11. The van der Waals surface area contributed by atoms with E-state index in [1.165, 1.54) is 52.1 Å². The topological polar surface area (TPSA) is 81.0 Å². The van der Waals surface area contributed by atoms with Gasteiger partial charge in [-0.3, -0.25) is 4.79 Å². The van der Waals surface area contributed by atoms with Crippen molar-refractivity contribution in [2.45, 2.75) is 31.7 Å². The molecule has 7 nitrogen and oxygen atoms in total. The largest absolute Gasteiger partial charge is 0.492 e. The molecule has 180 valence electrons. The lowest BCUT2D eigenvalue weighted by Gasteiger charge is -2.19. The van der Waals surface area contributed by atoms with Crippen molar-refractivity contribution in [1.82, 2.24) is 8.87 Å². The van der Waals surface area contributed by atoms with Crippen molar-refractivity contribution in [2.24, 2.45) is 4.99 Å². The number of fused-ring (bicyclic) bond motifs is 1. The van der Waals surface area contributed by atoms with Crippen molar-refractivity contribution in [1.29, 1.82) is 0 Å². The Labute approximate surface area is 204 Å². The van der Waals surface area contributed by atoms with Crippen LogP contribution >= 0.6 is 11.3 Å². The zero-order valence-corrected chi connectivity index (χ0v) is 21.1. The summed E-state index contributed by atoms with van der Waals surface area (Å²) in [5, 5.41) is 0. The Kier molecular flexibility index (Phi) is 8.60. The van der Waals surface area contributed by atoms with Crippen LogP contribution < -0.4 is 9.54 Å². The first kappa shape index (κ1) is 25.6. The van der Waals surface area contributed by atoms with Gasteiger partial charge in [0, 0.05) is 25.2 Å². The summed E-state index contributed by atoms with van der Waals surface area (Å²) in [5.41, 5.74) is 1.23. The number of ether oxygens (including phenoxy) is 1. The van der Waals surface area contributed by atoms with Crippen LogP contribution in [-0.2, 0) is 16.6 Å². The van der Waals surface area contributed by atoms with Crippen LogP contribution in [0.3, 0.4) is 0 Å². The highest BCUT2D eigenvalue weighted by molar-refractivity contribution is 7.89. The lowest BCUT2D eigenvalue weighted by atomic mass is 10.2. The monoisotopic (exact) mass is 499 g/mol. The van der Waals surface area contributed by atoms with Gasteiger partial charge in [0.2, 0.25) is 10.0 Å². The van der Waals surface area contributed by atoms with E-state index in [4.69, 9.17) is 4.74 Å². The number of hydrogen-bond acceptors (Lipinski definition) is 5. The number of thiazole rings is 1. The molecule has 0 aliphatic heterocycles. The second-order valence-electron chi connectivity index (χ2n) is 7.41. The Balaban J connectivity index is 1.99. The number of hydrogen-bond donors (Lipinski definition) is 0. The van der Waals surface area contributed by atoms with E-state index in [1.807, 2.05) is 29.7 Å². The maximum absolute atomic E-state index is 13.0. The highest BCUT2D eigenvalue weighted by Crippen LogP contribution is 2.28. The molecule has 0 aliphatic rings. The van der Waals surface area contributed by atoms with E-state index in [9.17, 15) is 13.2 Å².